The van der Waals surface area contributed by atoms with Crippen LogP contribution in [0.2, 0.25) is 0 Å². The number of para-hydroxylation sites is 1. The van der Waals surface area contributed by atoms with Crippen LogP contribution < -0.4 is 10.5 Å². The Morgan fingerprint density at radius 2 is 1.90 bits per heavy atom. The molecule has 5 nitrogen and oxygen atoms in total. The lowest BCUT2D eigenvalue weighted by Crippen LogP contribution is -1.92. The number of ether oxygens (including phenoxy) is 1. The van der Waals surface area contributed by atoms with Crippen LogP contribution in [0.15, 0.2) is 41.8 Å². The third-order valence-corrected chi connectivity index (χ3v) is 3.67. The van der Waals surface area contributed by atoms with Crippen molar-refractivity contribution in [1.82, 2.24) is 15.2 Å². The first-order chi connectivity index (χ1) is 9.78. The Bertz CT molecular complexity index is 724. The molecule has 0 radical (unpaired) electrons. The number of nitrogen functional groups attached to an aromatic ring is 1. The maximum absolute atomic E-state index is 5.96. The fourth-order valence-corrected chi connectivity index (χ4v) is 2.57. The van der Waals surface area contributed by atoms with Gasteiger partial charge in [0.15, 0.2) is 0 Å². The van der Waals surface area contributed by atoms with Gasteiger partial charge in [0.2, 0.25) is 5.88 Å². The van der Waals surface area contributed by atoms with Gasteiger partial charge in [-0.3, -0.25) is 0 Å². The Kier molecular flexibility index (Phi) is 3.30. The number of hydrogen-bond acceptors (Lipinski definition) is 6. The van der Waals surface area contributed by atoms with E-state index in [1.54, 1.807) is 13.2 Å². The maximum Gasteiger partial charge on any atom is 0.233 e. The SMILES string of the molecule is COc1ccc(-c2nc(-c3ccccc3N)cs2)nn1. The first-order valence-electron chi connectivity index (χ1n) is 5.96. The predicted molar refractivity (Wildman–Crippen MR) is 79.5 cm³/mol. The second kappa shape index (κ2) is 5.26. The van der Waals surface area contributed by atoms with Gasteiger partial charge in [0.1, 0.15) is 10.7 Å². The summed E-state index contributed by atoms with van der Waals surface area (Å²) < 4.78 is 4.99. The summed E-state index contributed by atoms with van der Waals surface area (Å²) >= 11 is 1.51. The number of methoxy groups -OCH3 is 1. The molecule has 0 aliphatic heterocycles. The van der Waals surface area contributed by atoms with Crippen molar-refractivity contribution in [2.24, 2.45) is 0 Å². The van der Waals surface area contributed by atoms with Gasteiger partial charge in [-0.15, -0.1) is 21.5 Å². The standard InChI is InChI=1S/C14H12N4OS/c1-19-13-7-6-11(17-18-13)14-16-12(8-20-14)9-4-2-3-5-10(9)15/h2-8H,15H2,1H3. The average molecular weight is 284 g/mol. The minimum Gasteiger partial charge on any atom is -0.480 e. The van der Waals surface area contributed by atoms with E-state index in [1.807, 2.05) is 35.7 Å². The molecule has 0 amide bonds. The summed E-state index contributed by atoms with van der Waals surface area (Å²) in [6.07, 6.45) is 0. The van der Waals surface area contributed by atoms with E-state index in [0.29, 0.717) is 11.6 Å². The van der Waals surface area contributed by atoms with E-state index >= 15 is 0 Å². The number of nitrogens with two attached hydrogens (primary N) is 1. The van der Waals surface area contributed by atoms with Gasteiger partial charge in [-0.1, -0.05) is 18.2 Å². The Morgan fingerprint density at radius 1 is 1.05 bits per heavy atom. The highest BCUT2D eigenvalue weighted by Gasteiger charge is 2.10. The summed E-state index contributed by atoms with van der Waals surface area (Å²) in [6.45, 7) is 0. The van der Waals surface area contributed by atoms with Crippen LogP contribution >= 0.6 is 11.3 Å². The summed E-state index contributed by atoms with van der Waals surface area (Å²) in [6, 6.07) is 11.3. The minimum absolute atomic E-state index is 0.484. The molecule has 100 valence electrons. The third kappa shape index (κ3) is 2.33. The van der Waals surface area contributed by atoms with E-state index in [0.717, 1.165) is 22.0 Å². The zero-order valence-electron chi connectivity index (χ0n) is 10.8. The Labute approximate surface area is 120 Å². The smallest absolute Gasteiger partial charge is 0.233 e. The Balaban J connectivity index is 1.95. The zero-order valence-corrected chi connectivity index (χ0v) is 11.6. The van der Waals surface area contributed by atoms with Crippen LogP contribution in [0, 0.1) is 0 Å². The quantitative estimate of drug-likeness (QED) is 0.749. The third-order valence-electron chi connectivity index (χ3n) is 2.81. The number of anilines is 1. The first kappa shape index (κ1) is 12.6. The van der Waals surface area contributed by atoms with Gasteiger partial charge in [0, 0.05) is 22.7 Å². The van der Waals surface area contributed by atoms with Crippen molar-refractivity contribution in [3.8, 4) is 27.8 Å². The maximum atomic E-state index is 5.96. The van der Waals surface area contributed by atoms with Gasteiger partial charge in [-0.25, -0.2) is 4.98 Å². The van der Waals surface area contributed by atoms with Crippen molar-refractivity contribution in [1.29, 1.82) is 0 Å². The molecule has 2 heterocycles. The highest BCUT2D eigenvalue weighted by molar-refractivity contribution is 7.13. The molecule has 3 rings (SSSR count). The molecule has 0 aliphatic carbocycles. The van der Waals surface area contributed by atoms with Gasteiger partial charge in [-0.2, -0.15) is 0 Å². The summed E-state index contributed by atoms with van der Waals surface area (Å²) in [7, 11) is 1.56. The van der Waals surface area contributed by atoms with Gasteiger partial charge in [0.05, 0.1) is 12.8 Å². The highest BCUT2D eigenvalue weighted by atomic mass is 32.1. The molecule has 0 atom stereocenters. The molecule has 2 N–H and O–H groups in total. The van der Waals surface area contributed by atoms with Crippen LogP contribution in [0.3, 0.4) is 0 Å². The van der Waals surface area contributed by atoms with Gasteiger partial charge >= 0.3 is 0 Å². The normalized spacial score (nSPS) is 10.4. The van der Waals surface area contributed by atoms with E-state index in [9.17, 15) is 0 Å². The van der Waals surface area contributed by atoms with Crippen LogP contribution in [0.4, 0.5) is 5.69 Å². The van der Waals surface area contributed by atoms with Gasteiger partial charge in [-0.05, 0) is 12.1 Å². The predicted octanol–water partition coefficient (Wildman–Crippen LogP) is 2.86. The van der Waals surface area contributed by atoms with E-state index in [2.05, 4.69) is 15.2 Å². The summed E-state index contributed by atoms with van der Waals surface area (Å²) in [5.41, 5.74) is 9.17. The Morgan fingerprint density at radius 3 is 2.60 bits per heavy atom. The number of hydrogen-bond donors (Lipinski definition) is 1. The molecular formula is C14H12N4OS. The Hall–Kier alpha value is -2.47. The topological polar surface area (TPSA) is 73.9 Å². The molecule has 0 bridgehead atoms. The molecule has 0 fully saturated rings. The summed E-state index contributed by atoms with van der Waals surface area (Å²) in [4.78, 5) is 4.56. The zero-order chi connectivity index (χ0) is 13.9. The van der Waals surface area contributed by atoms with Crippen molar-refractivity contribution in [3.63, 3.8) is 0 Å². The lowest BCUT2D eigenvalue weighted by molar-refractivity contribution is 0.392. The fraction of sp³-hybridized carbons (Fsp3) is 0.0714. The molecule has 0 unspecified atom stereocenters. The second-order valence-electron chi connectivity index (χ2n) is 4.09. The van der Waals surface area contributed by atoms with Crippen molar-refractivity contribution in [2.75, 3.05) is 12.8 Å². The summed E-state index contributed by atoms with van der Waals surface area (Å²) in [5, 5.41) is 10.8. The minimum atomic E-state index is 0.484. The number of thiazole rings is 1. The van der Waals surface area contributed by atoms with Crippen molar-refractivity contribution in [2.45, 2.75) is 0 Å². The highest BCUT2D eigenvalue weighted by Crippen LogP contribution is 2.30. The number of benzene rings is 1. The van der Waals surface area contributed by atoms with Crippen molar-refractivity contribution < 1.29 is 4.74 Å². The van der Waals surface area contributed by atoms with Crippen LogP contribution in [0.25, 0.3) is 22.0 Å². The number of aromatic nitrogens is 3. The van der Waals surface area contributed by atoms with E-state index in [1.165, 1.54) is 11.3 Å². The van der Waals surface area contributed by atoms with Crippen molar-refractivity contribution in [3.05, 3.63) is 41.8 Å². The van der Waals surface area contributed by atoms with Crippen LogP contribution in [0.1, 0.15) is 0 Å². The molecule has 0 saturated carbocycles. The molecule has 1 aromatic carbocycles. The second-order valence-corrected chi connectivity index (χ2v) is 4.94. The van der Waals surface area contributed by atoms with E-state index < -0.39 is 0 Å². The lowest BCUT2D eigenvalue weighted by Gasteiger charge is -2.01. The van der Waals surface area contributed by atoms with Crippen LogP contribution in [-0.4, -0.2) is 22.3 Å². The van der Waals surface area contributed by atoms with Gasteiger partial charge < -0.3 is 10.5 Å². The number of rotatable bonds is 3. The van der Waals surface area contributed by atoms with Crippen LogP contribution in [-0.2, 0) is 0 Å². The summed E-state index contributed by atoms with van der Waals surface area (Å²) in [5.74, 6) is 0.484. The first-order valence-corrected chi connectivity index (χ1v) is 6.84. The molecule has 20 heavy (non-hydrogen) atoms. The fourth-order valence-electron chi connectivity index (χ4n) is 1.79. The largest absolute Gasteiger partial charge is 0.480 e. The molecule has 3 aromatic rings. The van der Waals surface area contributed by atoms with E-state index in [-0.39, 0.29) is 0 Å². The molecular weight excluding hydrogens is 272 g/mol. The molecule has 6 heteroatoms. The molecule has 0 aliphatic rings. The molecule has 2 aromatic heterocycles. The lowest BCUT2D eigenvalue weighted by atomic mass is 10.1. The van der Waals surface area contributed by atoms with E-state index in [4.69, 9.17) is 10.5 Å². The average Bonchev–Trinajstić information content (AvgIpc) is 2.97. The number of nitrogens with zero attached hydrogens (tertiary/aromatic N) is 3. The molecule has 0 spiro atoms. The monoisotopic (exact) mass is 284 g/mol. The van der Waals surface area contributed by atoms with Gasteiger partial charge in [0.25, 0.3) is 0 Å². The van der Waals surface area contributed by atoms with Crippen LogP contribution in [0.5, 0.6) is 5.88 Å². The molecule has 0 saturated heterocycles. The van der Waals surface area contributed by atoms with Crippen molar-refractivity contribution >= 4 is 17.0 Å².